The van der Waals surface area contributed by atoms with Crippen molar-refractivity contribution >= 4 is 32.9 Å². The van der Waals surface area contributed by atoms with Crippen LogP contribution in [0.3, 0.4) is 0 Å². The van der Waals surface area contributed by atoms with Gasteiger partial charge in [-0.15, -0.1) is 0 Å². The van der Waals surface area contributed by atoms with Crippen LogP contribution in [0, 0.1) is 0 Å². The summed E-state index contributed by atoms with van der Waals surface area (Å²) in [6.45, 7) is -0.297. The summed E-state index contributed by atoms with van der Waals surface area (Å²) < 4.78 is 7.19. The lowest BCUT2D eigenvalue weighted by Gasteiger charge is -2.12. The number of nitrogens with two attached hydrogens (primary N) is 1. The SMILES string of the molecule is Nc1nc2c(c(Br)nn2C2CC(O)C(CO)O2)c(=O)[nH]1. The summed E-state index contributed by atoms with van der Waals surface area (Å²) in [6.07, 6.45) is -1.87. The Bertz CT molecular complexity index is 713. The number of halogens is 1. The van der Waals surface area contributed by atoms with Crippen LogP contribution in [0.4, 0.5) is 5.95 Å². The number of nitrogen functional groups attached to an aromatic ring is 1. The fourth-order valence-electron chi connectivity index (χ4n) is 2.25. The van der Waals surface area contributed by atoms with Gasteiger partial charge >= 0.3 is 0 Å². The van der Waals surface area contributed by atoms with Crippen molar-refractivity contribution in [1.82, 2.24) is 19.7 Å². The van der Waals surface area contributed by atoms with Gasteiger partial charge in [-0.3, -0.25) is 9.78 Å². The highest BCUT2D eigenvalue weighted by Crippen LogP contribution is 2.31. The fraction of sp³-hybridized carbons (Fsp3) is 0.500. The monoisotopic (exact) mass is 345 g/mol. The maximum Gasteiger partial charge on any atom is 0.264 e. The van der Waals surface area contributed by atoms with Crippen molar-refractivity contribution in [3.8, 4) is 0 Å². The Balaban J connectivity index is 2.11. The van der Waals surface area contributed by atoms with Gasteiger partial charge in [0.2, 0.25) is 5.95 Å². The third-order valence-electron chi connectivity index (χ3n) is 3.19. The van der Waals surface area contributed by atoms with Crippen molar-refractivity contribution in [3.63, 3.8) is 0 Å². The van der Waals surface area contributed by atoms with E-state index in [-0.39, 0.29) is 30.0 Å². The van der Waals surface area contributed by atoms with Gasteiger partial charge in [0.15, 0.2) is 11.9 Å². The average molecular weight is 346 g/mol. The highest BCUT2D eigenvalue weighted by atomic mass is 79.9. The van der Waals surface area contributed by atoms with Crippen LogP contribution in [0.5, 0.6) is 0 Å². The summed E-state index contributed by atoms with van der Waals surface area (Å²) in [5.74, 6) is -0.0339. The van der Waals surface area contributed by atoms with E-state index < -0.39 is 24.0 Å². The maximum absolute atomic E-state index is 11.8. The van der Waals surface area contributed by atoms with E-state index in [9.17, 15) is 9.90 Å². The van der Waals surface area contributed by atoms with Gasteiger partial charge in [0, 0.05) is 6.42 Å². The Hall–Kier alpha value is -1.49. The Morgan fingerprint density at radius 2 is 2.35 bits per heavy atom. The molecule has 0 radical (unpaired) electrons. The van der Waals surface area contributed by atoms with Crippen LogP contribution in [-0.2, 0) is 4.74 Å². The predicted molar refractivity (Wildman–Crippen MR) is 71.9 cm³/mol. The second-order valence-electron chi connectivity index (χ2n) is 4.50. The molecule has 0 spiro atoms. The highest BCUT2D eigenvalue weighted by molar-refractivity contribution is 9.10. The number of aromatic amines is 1. The lowest BCUT2D eigenvalue weighted by Crippen LogP contribution is -2.24. The first kappa shape index (κ1) is 13.5. The number of aromatic nitrogens is 4. The minimum atomic E-state index is -0.803. The molecule has 5 N–H and O–H groups in total. The fourth-order valence-corrected chi connectivity index (χ4v) is 2.78. The Morgan fingerprint density at radius 1 is 1.60 bits per heavy atom. The van der Waals surface area contributed by atoms with Crippen molar-refractivity contribution in [2.75, 3.05) is 12.3 Å². The number of aliphatic hydroxyl groups excluding tert-OH is 2. The normalized spacial score (nSPS) is 26.4. The molecule has 3 unspecified atom stereocenters. The van der Waals surface area contributed by atoms with Crippen molar-refractivity contribution in [1.29, 1.82) is 0 Å². The first-order valence-electron chi connectivity index (χ1n) is 5.89. The van der Waals surface area contributed by atoms with E-state index in [2.05, 4.69) is 31.0 Å². The number of hydrogen-bond donors (Lipinski definition) is 4. The lowest BCUT2D eigenvalue weighted by molar-refractivity contribution is -0.0471. The number of nitrogens with zero attached hydrogens (tertiary/aromatic N) is 3. The molecule has 0 saturated carbocycles. The zero-order valence-electron chi connectivity index (χ0n) is 10.2. The Kier molecular flexibility index (Phi) is 3.24. The number of anilines is 1. The van der Waals surface area contributed by atoms with E-state index in [1.165, 1.54) is 4.68 Å². The Morgan fingerprint density at radius 3 is 3.00 bits per heavy atom. The zero-order chi connectivity index (χ0) is 14.4. The third-order valence-corrected chi connectivity index (χ3v) is 3.75. The number of hydrogen-bond acceptors (Lipinski definition) is 7. The first-order chi connectivity index (χ1) is 9.51. The molecule has 3 heterocycles. The summed E-state index contributed by atoms with van der Waals surface area (Å²) in [7, 11) is 0. The molecule has 3 rings (SSSR count). The van der Waals surface area contributed by atoms with Gasteiger partial charge in [-0.05, 0) is 15.9 Å². The minimum Gasteiger partial charge on any atom is -0.394 e. The smallest absolute Gasteiger partial charge is 0.264 e. The highest BCUT2D eigenvalue weighted by Gasteiger charge is 2.36. The molecule has 3 atom stereocenters. The second-order valence-corrected chi connectivity index (χ2v) is 5.25. The van der Waals surface area contributed by atoms with Crippen LogP contribution in [0.25, 0.3) is 11.0 Å². The summed E-state index contributed by atoms with van der Waals surface area (Å²) >= 11 is 3.19. The van der Waals surface area contributed by atoms with Crippen molar-refractivity contribution < 1.29 is 14.9 Å². The molecule has 0 amide bonds. The molecule has 1 aliphatic rings. The largest absolute Gasteiger partial charge is 0.394 e. The van der Waals surface area contributed by atoms with E-state index in [1.807, 2.05) is 0 Å². The van der Waals surface area contributed by atoms with Gasteiger partial charge in [0.1, 0.15) is 16.1 Å². The summed E-state index contributed by atoms with van der Waals surface area (Å²) in [5, 5.41) is 23.3. The van der Waals surface area contributed by atoms with Crippen LogP contribution in [0.15, 0.2) is 9.40 Å². The minimum absolute atomic E-state index is 0.0339. The van der Waals surface area contributed by atoms with Gasteiger partial charge in [0.25, 0.3) is 5.56 Å². The summed E-state index contributed by atoms with van der Waals surface area (Å²) in [6, 6.07) is 0. The van der Waals surface area contributed by atoms with Gasteiger partial charge in [0.05, 0.1) is 12.7 Å². The molecule has 2 aromatic rings. The molecule has 0 aromatic carbocycles. The van der Waals surface area contributed by atoms with E-state index >= 15 is 0 Å². The van der Waals surface area contributed by atoms with Crippen LogP contribution < -0.4 is 11.3 Å². The number of rotatable bonds is 2. The van der Waals surface area contributed by atoms with Crippen molar-refractivity contribution in [3.05, 3.63) is 15.0 Å². The molecule has 1 saturated heterocycles. The average Bonchev–Trinajstić information content (AvgIpc) is 2.90. The van der Waals surface area contributed by atoms with Crippen LogP contribution in [-0.4, -0.2) is 48.8 Å². The lowest BCUT2D eigenvalue weighted by atomic mass is 10.2. The van der Waals surface area contributed by atoms with Crippen LogP contribution in [0.1, 0.15) is 12.6 Å². The molecular formula is C10H12BrN5O4. The molecule has 20 heavy (non-hydrogen) atoms. The standard InChI is InChI=1S/C10H12BrN5O4/c11-7-6-8(13-10(12)14-9(6)19)16(15-7)5-1-3(18)4(2-17)20-5/h3-5,17-18H,1-2H2,(H3,12,13,14,19). The first-order valence-corrected chi connectivity index (χ1v) is 6.68. The van der Waals surface area contributed by atoms with Crippen molar-refractivity contribution in [2.24, 2.45) is 0 Å². The Labute approximate surface area is 120 Å². The molecule has 10 heteroatoms. The number of fused-ring (bicyclic) bond motifs is 1. The molecular weight excluding hydrogens is 334 g/mol. The number of ether oxygens (including phenoxy) is 1. The third kappa shape index (κ3) is 2.00. The molecule has 2 aromatic heterocycles. The van der Waals surface area contributed by atoms with Gasteiger partial charge in [-0.25, -0.2) is 4.68 Å². The van der Waals surface area contributed by atoms with E-state index in [0.717, 1.165) is 0 Å². The van der Waals surface area contributed by atoms with Crippen LogP contribution >= 0.6 is 15.9 Å². The van der Waals surface area contributed by atoms with Gasteiger partial charge in [-0.2, -0.15) is 10.1 Å². The van der Waals surface area contributed by atoms with Gasteiger partial charge in [-0.1, -0.05) is 0 Å². The van der Waals surface area contributed by atoms with Crippen molar-refractivity contribution in [2.45, 2.75) is 24.9 Å². The quantitative estimate of drug-likeness (QED) is 0.553. The van der Waals surface area contributed by atoms with E-state index in [4.69, 9.17) is 15.6 Å². The van der Waals surface area contributed by atoms with E-state index in [1.54, 1.807) is 0 Å². The topological polar surface area (TPSA) is 139 Å². The molecule has 0 aliphatic carbocycles. The molecule has 1 fully saturated rings. The number of aliphatic hydroxyl groups is 2. The van der Waals surface area contributed by atoms with Gasteiger partial charge < -0.3 is 20.7 Å². The maximum atomic E-state index is 11.8. The van der Waals surface area contributed by atoms with Crippen LogP contribution in [0.2, 0.25) is 0 Å². The summed E-state index contributed by atoms with van der Waals surface area (Å²) in [5.41, 5.74) is 5.37. The molecule has 1 aliphatic heterocycles. The zero-order valence-corrected chi connectivity index (χ0v) is 11.7. The number of nitrogens with one attached hydrogen (secondary N) is 1. The molecule has 108 valence electrons. The van der Waals surface area contributed by atoms with E-state index in [0.29, 0.717) is 4.60 Å². The number of H-pyrrole nitrogens is 1. The molecule has 9 nitrogen and oxygen atoms in total. The molecule has 0 bridgehead atoms. The summed E-state index contributed by atoms with van der Waals surface area (Å²) in [4.78, 5) is 18.3. The second kappa shape index (κ2) is 4.81. The predicted octanol–water partition coefficient (Wildman–Crippen LogP) is -0.895.